The van der Waals surface area contributed by atoms with Crippen LogP contribution in [0, 0.1) is 5.82 Å². The van der Waals surface area contributed by atoms with E-state index in [1.54, 1.807) is 24.0 Å². The monoisotopic (exact) mass is 296 g/mol. The average molecular weight is 296 g/mol. The second-order valence-corrected chi connectivity index (χ2v) is 6.59. The van der Waals surface area contributed by atoms with Crippen molar-refractivity contribution in [3.8, 4) is 0 Å². The van der Waals surface area contributed by atoms with Crippen molar-refractivity contribution in [1.82, 2.24) is 10.2 Å². The van der Waals surface area contributed by atoms with Gasteiger partial charge in [0, 0.05) is 18.5 Å². The number of nitrogens with zero attached hydrogens (tertiary/aromatic N) is 1. The lowest BCUT2D eigenvalue weighted by Crippen LogP contribution is -2.66. The summed E-state index contributed by atoms with van der Waals surface area (Å²) in [7, 11) is 0. The summed E-state index contributed by atoms with van der Waals surface area (Å²) in [4.78, 5) is 1.74. The van der Waals surface area contributed by atoms with E-state index in [2.05, 4.69) is 5.32 Å². The van der Waals surface area contributed by atoms with Gasteiger partial charge >= 0.3 is 0 Å². The summed E-state index contributed by atoms with van der Waals surface area (Å²) in [5, 5.41) is 14.3. The van der Waals surface area contributed by atoms with E-state index in [1.807, 2.05) is 19.9 Å². The van der Waals surface area contributed by atoms with Crippen LogP contribution in [-0.4, -0.2) is 32.9 Å². The molecular formula is C15H21FN2OS. The Balaban J connectivity index is 2.09. The highest BCUT2D eigenvalue weighted by Gasteiger charge is 2.42. The molecule has 5 heteroatoms. The third kappa shape index (κ3) is 3.27. The van der Waals surface area contributed by atoms with Gasteiger partial charge in [0.05, 0.1) is 0 Å². The van der Waals surface area contributed by atoms with Crippen molar-refractivity contribution < 1.29 is 9.50 Å². The van der Waals surface area contributed by atoms with E-state index >= 15 is 0 Å². The van der Waals surface area contributed by atoms with Gasteiger partial charge in [-0.2, -0.15) is 0 Å². The first-order valence-corrected chi connectivity index (χ1v) is 7.18. The molecule has 0 amide bonds. The van der Waals surface area contributed by atoms with Crippen molar-refractivity contribution >= 4 is 17.3 Å². The van der Waals surface area contributed by atoms with Crippen molar-refractivity contribution in [2.24, 2.45) is 0 Å². The molecule has 0 bridgehead atoms. The van der Waals surface area contributed by atoms with Gasteiger partial charge in [0.25, 0.3) is 0 Å². The number of hydrogen-bond acceptors (Lipinski definition) is 2. The third-order valence-electron chi connectivity index (χ3n) is 3.61. The molecule has 1 aromatic carbocycles. The van der Waals surface area contributed by atoms with Crippen LogP contribution in [-0.2, 0) is 6.42 Å². The van der Waals surface area contributed by atoms with E-state index < -0.39 is 5.72 Å². The summed E-state index contributed by atoms with van der Waals surface area (Å²) in [6.45, 7) is 6.24. The number of benzene rings is 1. The van der Waals surface area contributed by atoms with Crippen LogP contribution in [0.5, 0.6) is 0 Å². The minimum Gasteiger partial charge on any atom is -0.371 e. The standard InChI is InChI=1S/C15H21FN2OS/c1-14(2)10-15(3,19)18(13(20)17-14)9-8-11-6-4-5-7-12(11)16/h4-7,19H,8-10H2,1-3H3,(H,17,20)/t15-/m0/s1. The van der Waals surface area contributed by atoms with E-state index in [9.17, 15) is 9.50 Å². The molecule has 110 valence electrons. The third-order valence-corrected chi connectivity index (χ3v) is 3.93. The van der Waals surface area contributed by atoms with Crippen LogP contribution in [0.15, 0.2) is 24.3 Å². The Morgan fingerprint density at radius 3 is 2.60 bits per heavy atom. The molecule has 20 heavy (non-hydrogen) atoms. The van der Waals surface area contributed by atoms with Crippen molar-refractivity contribution in [3.63, 3.8) is 0 Å². The summed E-state index contributed by atoms with van der Waals surface area (Å²) in [6, 6.07) is 6.69. The predicted octanol–water partition coefficient (Wildman–Crippen LogP) is 2.44. The molecule has 0 unspecified atom stereocenters. The number of rotatable bonds is 3. The normalized spacial score (nSPS) is 25.4. The Bertz CT molecular complexity index is 516. The number of halogens is 1. The summed E-state index contributed by atoms with van der Waals surface area (Å²) in [5.74, 6) is -0.219. The van der Waals surface area contributed by atoms with Gasteiger partial charge in [0.1, 0.15) is 11.5 Å². The van der Waals surface area contributed by atoms with Gasteiger partial charge in [-0.05, 0) is 51.0 Å². The molecule has 1 heterocycles. The molecule has 1 aliphatic rings. The lowest BCUT2D eigenvalue weighted by atomic mass is 9.90. The first kappa shape index (κ1) is 15.2. The summed E-state index contributed by atoms with van der Waals surface area (Å²) < 4.78 is 13.6. The maximum absolute atomic E-state index is 13.6. The lowest BCUT2D eigenvalue weighted by Gasteiger charge is -2.49. The van der Waals surface area contributed by atoms with Crippen LogP contribution >= 0.6 is 12.2 Å². The first-order valence-electron chi connectivity index (χ1n) is 6.77. The number of hydrogen-bond donors (Lipinski definition) is 2. The van der Waals surface area contributed by atoms with E-state index in [4.69, 9.17) is 12.2 Å². The van der Waals surface area contributed by atoms with Crippen LogP contribution in [0.25, 0.3) is 0 Å². The Labute approximate surface area is 124 Å². The molecule has 1 fully saturated rings. The van der Waals surface area contributed by atoms with Crippen LogP contribution in [0.3, 0.4) is 0 Å². The average Bonchev–Trinajstić information content (AvgIpc) is 2.27. The van der Waals surface area contributed by atoms with E-state index in [1.165, 1.54) is 6.07 Å². The topological polar surface area (TPSA) is 35.5 Å². The van der Waals surface area contributed by atoms with Crippen LogP contribution in [0.4, 0.5) is 4.39 Å². The summed E-state index contributed by atoms with van der Waals surface area (Å²) >= 11 is 5.33. The largest absolute Gasteiger partial charge is 0.371 e. The summed E-state index contributed by atoms with van der Waals surface area (Å²) in [5.41, 5.74) is -0.623. The predicted molar refractivity (Wildman–Crippen MR) is 81.9 cm³/mol. The minimum absolute atomic E-state index is 0.219. The second-order valence-electron chi connectivity index (χ2n) is 6.20. The molecule has 0 aliphatic carbocycles. The number of thiocarbonyl (C=S) groups is 1. The van der Waals surface area contributed by atoms with E-state index in [0.29, 0.717) is 30.1 Å². The van der Waals surface area contributed by atoms with Crippen LogP contribution in [0.2, 0.25) is 0 Å². The molecular weight excluding hydrogens is 275 g/mol. The van der Waals surface area contributed by atoms with Crippen molar-refractivity contribution in [3.05, 3.63) is 35.6 Å². The number of aliphatic hydroxyl groups is 1. The smallest absolute Gasteiger partial charge is 0.171 e. The van der Waals surface area contributed by atoms with E-state index in [0.717, 1.165) is 0 Å². The quantitative estimate of drug-likeness (QED) is 0.840. The van der Waals surface area contributed by atoms with Crippen molar-refractivity contribution in [2.75, 3.05) is 6.54 Å². The maximum Gasteiger partial charge on any atom is 0.171 e. The molecule has 3 nitrogen and oxygen atoms in total. The SMILES string of the molecule is CC1(C)C[C@](C)(O)N(CCc2ccccc2F)C(=S)N1. The zero-order chi connectivity index (χ0) is 15.0. The molecule has 1 atom stereocenters. The van der Waals surface area contributed by atoms with Gasteiger partial charge < -0.3 is 15.3 Å². The first-order chi connectivity index (χ1) is 9.21. The van der Waals surface area contributed by atoms with Gasteiger partial charge in [0.2, 0.25) is 0 Å². The highest BCUT2D eigenvalue weighted by Crippen LogP contribution is 2.29. The zero-order valence-electron chi connectivity index (χ0n) is 12.1. The zero-order valence-corrected chi connectivity index (χ0v) is 12.9. The lowest BCUT2D eigenvalue weighted by molar-refractivity contribution is -0.0877. The highest BCUT2D eigenvalue weighted by atomic mass is 32.1. The molecule has 0 radical (unpaired) electrons. The molecule has 1 aliphatic heterocycles. The minimum atomic E-state index is -1.02. The maximum atomic E-state index is 13.6. The fourth-order valence-electron chi connectivity index (χ4n) is 2.83. The number of nitrogens with one attached hydrogen (secondary N) is 1. The second kappa shape index (κ2) is 5.30. The highest BCUT2D eigenvalue weighted by molar-refractivity contribution is 7.80. The van der Waals surface area contributed by atoms with Gasteiger partial charge in [-0.15, -0.1) is 0 Å². The molecule has 1 aromatic rings. The molecule has 1 saturated heterocycles. The molecule has 0 spiro atoms. The fraction of sp³-hybridized carbons (Fsp3) is 0.533. The van der Waals surface area contributed by atoms with E-state index in [-0.39, 0.29) is 11.4 Å². The molecule has 2 N–H and O–H groups in total. The van der Waals surface area contributed by atoms with Crippen LogP contribution in [0.1, 0.15) is 32.8 Å². The van der Waals surface area contributed by atoms with Gasteiger partial charge in [-0.3, -0.25) is 0 Å². The Morgan fingerprint density at radius 2 is 2.00 bits per heavy atom. The van der Waals surface area contributed by atoms with Crippen LogP contribution < -0.4 is 5.32 Å². The van der Waals surface area contributed by atoms with Crippen molar-refractivity contribution in [1.29, 1.82) is 0 Å². The van der Waals surface area contributed by atoms with Crippen molar-refractivity contribution in [2.45, 2.75) is 44.9 Å². The Kier molecular flexibility index (Phi) is 4.02. The van der Waals surface area contributed by atoms with Gasteiger partial charge in [0.15, 0.2) is 5.11 Å². The molecule has 0 saturated carbocycles. The Hall–Kier alpha value is -1.20. The Morgan fingerprint density at radius 1 is 1.35 bits per heavy atom. The van der Waals surface area contributed by atoms with Gasteiger partial charge in [-0.25, -0.2) is 4.39 Å². The molecule has 2 rings (SSSR count). The van der Waals surface area contributed by atoms with Gasteiger partial charge in [-0.1, -0.05) is 18.2 Å². The summed E-state index contributed by atoms with van der Waals surface area (Å²) in [6.07, 6.45) is 1.06. The molecule has 0 aromatic heterocycles. The fourth-order valence-corrected chi connectivity index (χ4v) is 3.39.